The summed E-state index contributed by atoms with van der Waals surface area (Å²) in [7, 11) is 0. The third-order valence-corrected chi connectivity index (χ3v) is 4.35. The van der Waals surface area contributed by atoms with Crippen LogP contribution >= 0.6 is 15.9 Å². The van der Waals surface area contributed by atoms with Crippen molar-refractivity contribution in [3.05, 3.63) is 57.7 Å². The fourth-order valence-corrected chi connectivity index (χ4v) is 2.81. The SMILES string of the molecule is Cc1ccc(N2CCOC(c3ccc(Br)cc3)C2)nc1C#N. The summed E-state index contributed by atoms with van der Waals surface area (Å²) in [5, 5.41) is 9.14. The van der Waals surface area contributed by atoms with E-state index in [0.29, 0.717) is 12.3 Å². The molecule has 0 amide bonds. The fraction of sp³-hybridized carbons (Fsp3) is 0.294. The molecule has 112 valence electrons. The Labute approximate surface area is 138 Å². The van der Waals surface area contributed by atoms with Gasteiger partial charge in [0.1, 0.15) is 23.7 Å². The lowest BCUT2D eigenvalue weighted by Gasteiger charge is -2.34. The first kappa shape index (κ1) is 15.0. The molecule has 0 spiro atoms. The lowest BCUT2D eigenvalue weighted by molar-refractivity contribution is 0.0395. The number of morpholine rings is 1. The van der Waals surface area contributed by atoms with E-state index in [1.807, 2.05) is 31.2 Å². The van der Waals surface area contributed by atoms with E-state index in [9.17, 15) is 0 Å². The summed E-state index contributed by atoms with van der Waals surface area (Å²) in [6.07, 6.45) is 0.0236. The van der Waals surface area contributed by atoms with Gasteiger partial charge in [-0.3, -0.25) is 0 Å². The molecule has 1 aromatic heterocycles. The molecule has 1 atom stereocenters. The maximum atomic E-state index is 9.14. The lowest BCUT2D eigenvalue weighted by Crippen LogP contribution is -2.38. The topological polar surface area (TPSA) is 49.1 Å². The van der Waals surface area contributed by atoms with Crippen LogP contribution < -0.4 is 4.90 Å². The summed E-state index contributed by atoms with van der Waals surface area (Å²) >= 11 is 3.45. The second kappa shape index (κ2) is 6.47. The Morgan fingerprint density at radius 1 is 1.27 bits per heavy atom. The normalized spacial score (nSPS) is 18.0. The highest BCUT2D eigenvalue weighted by Gasteiger charge is 2.23. The van der Waals surface area contributed by atoms with E-state index in [-0.39, 0.29) is 6.10 Å². The number of nitrogens with zero attached hydrogens (tertiary/aromatic N) is 3. The number of nitriles is 1. The van der Waals surface area contributed by atoms with Crippen molar-refractivity contribution in [2.75, 3.05) is 24.6 Å². The van der Waals surface area contributed by atoms with Gasteiger partial charge in [-0.25, -0.2) is 4.98 Å². The third-order valence-electron chi connectivity index (χ3n) is 3.82. The highest BCUT2D eigenvalue weighted by atomic mass is 79.9. The van der Waals surface area contributed by atoms with Gasteiger partial charge in [0.2, 0.25) is 0 Å². The summed E-state index contributed by atoms with van der Waals surface area (Å²) in [5.41, 5.74) is 2.55. The number of halogens is 1. The molecule has 1 aromatic carbocycles. The highest BCUT2D eigenvalue weighted by molar-refractivity contribution is 9.10. The molecule has 1 aliphatic rings. The van der Waals surface area contributed by atoms with Gasteiger partial charge in [0.15, 0.2) is 0 Å². The number of aromatic nitrogens is 1. The molecule has 0 saturated carbocycles. The summed E-state index contributed by atoms with van der Waals surface area (Å²) in [6, 6.07) is 14.3. The van der Waals surface area contributed by atoms with E-state index >= 15 is 0 Å². The predicted molar refractivity (Wildman–Crippen MR) is 88.7 cm³/mol. The van der Waals surface area contributed by atoms with Crippen molar-refractivity contribution in [2.45, 2.75) is 13.0 Å². The highest BCUT2D eigenvalue weighted by Crippen LogP contribution is 2.26. The van der Waals surface area contributed by atoms with Crippen LogP contribution in [-0.4, -0.2) is 24.7 Å². The molecule has 0 aliphatic carbocycles. The van der Waals surface area contributed by atoms with Crippen molar-refractivity contribution < 1.29 is 4.74 Å². The van der Waals surface area contributed by atoms with Crippen molar-refractivity contribution in [1.29, 1.82) is 5.26 Å². The minimum Gasteiger partial charge on any atom is -0.370 e. The molecule has 1 unspecified atom stereocenters. The predicted octanol–water partition coefficient (Wildman–Crippen LogP) is 3.60. The minimum atomic E-state index is 0.0236. The van der Waals surface area contributed by atoms with Crippen LogP contribution in [0, 0.1) is 18.3 Å². The zero-order valence-electron chi connectivity index (χ0n) is 12.3. The van der Waals surface area contributed by atoms with Gasteiger partial charge in [0.05, 0.1) is 6.61 Å². The van der Waals surface area contributed by atoms with Gasteiger partial charge < -0.3 is 9.64 Å². The molecule has 1 aliphatic heterocycles. The smallest absolute Gasteiger partial charge is 0.145 e. The Morgan fingerprint density at radius 2 is 2.05 bits per heavy atom. The Hall–Kier alpha value is -1.90. The van der Waals surface area contributed by atoms with E-state index in [0.717, 1.165) is 34.5 Å². The number of ether oxygens (including phenoxy) is 1. The van der Waals surface area contributed by atoms with Gasteiger partial charge in [-0.1, -0.05) is 34.1 Å². The number of hydrogen-bond donors (Lipinski definition) is 0. The minimum absolute atomic E-state index is 0.0236. The van der Waals surface area contributed by atoms with E-state index in [2.05, 4.69) is 44.0 Å². The van der Waals surface area contributed by atoms with E-state index < -0.39 is 0 Å². The van der Waals surface area contributed by atoms with Crippen molar-refractivity contribution in [3.8, 4) is 6.07 Å². The Morgan fingerprint density at radius 3 is 2.77 bits per heavy atom. The molecule has 4 nitrogen and oxygen atoms in total. The van der Waals surface area contributed by atoms with Crippen LogP contribution in [0.5, 0.6) is 0 Å². The Kier molecular flexibility index (Phi) is 4.41. The first-order valence-electron chi connectivity index (χ1n) is 7.17. The van der Waals surface area contributed by atoms with Crippen molar-refractivity contribution in [3.63, 3.8) is 0 Å². The molecule has 0 radical (unpaired) electrons. The fourth-order valence-electron chi connectivity index (χ4n) is 2.54. The molecule has 5 heteroatoms. The quantitative estimate of drug-likeness (QED) is 0.823. The number of benzene rings is 1. The van der Waals surface area contributed by atoms with Crippen LogP contribution in [0.4, 0.5) is 5.82 Å². The number of hydrogen-bond acceptors (Lipinski definition) is 4. The van der Waals surface area contributed by atoms with Crippen LogP contribution in [0.15, 0.2) is 40.9 Å². The summed E-state index contributed by atoms with van der Waals surface area (Å²) in [5.74, 6) is 0.840. The number of aryl methyl sites for hydroxylation is 1. The van der Waals surface area contributed by atoms with Crippen molar-refractivity contribution in [2.24, 2.45) is 0 Å². The molecule has 0 bridgehead atoms. The molecule has 2 heterocycles. The molecule has 22 heavy (non-hydrogen) atoms. The summed E-state index contributed by atoms with van der Waals surface area (Å²) in [6.45, 7) is 4.08. The largest absolute Gasteiger partial charge is 0.370 e. The number of anilines is 1. The van der Waals surface area contributed by atoms with Crippen LogP contribution in [0.2, 0.25) is 0 Å². The van der Waals surface area contributed by atoms with Gasteiger partial charge in [-0.2, -0.15) is 5.26 Å². The van der Waals surface area contributed by atoms with Gasteiger partial charge in [-0.15, -0.1) is 0 Å². The molecule has 0 N–H and O–H groups in total. The zero-order chi connectivity index (χ0) is 15.5. The van der Waals surface area contributed by atoms with E-state index in [4.69, 9.17) is 10.00 Å². The molecule has 1 saturated heterocycles. The van der Waals surface area contributed by atoms with Crippen molar-refractivity contribution in [1.82, 2.24) is 4.98 Å². The maximum absolute atomic E-state index is 9.14. The standard InChI is InChI=1S/C17H16BrN3O/c1-12-2-7-17(20-15(12)10-19)21-8-9-22-16(11-21)13-3-5-14(18)6-4-13/h2-7,16H,8-9,11H2,1H3. The third kappa shape index (κ3) is 3.13. The van der Waals surface area contributed by atoms with Gasteiger partial charge in [0, 0.05) is 17.6 Å². The van der Waals surface area contributed by atoms with Crippen molar-refractivity contribution >= 4 is 21.7 Å². The second-order valence-electron chi connectivity index (χ2n) is 5.30. The van der Waals surface area contributed by atoms with Crippen LogP contribution in [0.1, 0.15) is 22.9 Å². The number of pyridine rings is 1. The Balaban J connectivity index is 1.81. The maximum Gasteiger partial charge on any atom is 0.145 e. The van der Waals surface area contributed by atoms with Gasteiger partial charge in [0.25, 0.3) is 0 Å². The molecule has 2 aromatic rings. The summed E-state index contributed by atoms with van der Waals surface area (Å²) in [4.78, 5) is 6.64. The van der Waals surface area contributed by atoms with Gasteiger partial charge in [-0.05, 0) is 36.2 Å². The molecule has 1 fully saturated rings. The second-order valence-corrected chi connectivity index (χ2v) is 6.22. The first-order valence-corrected chi connectivity index (χ1v) is 7.96. The zero-order valence-corrected chi connectivity index (χ0v) is 13.9. The van der Waals surface area contributed by atoms with E-state index in [1.165, 1.54) is 0 Å². The average Bonchev–Trinajstić information content (AvgIpc) is 2.56. The Bertz CT molecular complexity index is 709. The average molecular weight is 358 g/mol. The van der Waals surface area contributed by atoms with E-state index in [1.54, 1.807) is 0 Å². The van der Waals surface area contributed by atoms with Crippen LogP contribution in [0.25, 0.3) is 0 Å². The summed E-state index contributed by atoms with van der Waals surface area (Å²) < 4.78 is 6.94. The first-order chi connectivity index (χ1) is 10.7. The molecular weight excluding hydrogens is 342 g/mol. The van der Waals surface area contributed by atoms with Crippen LogP contribution in [-0.2, 0) is 4.74 Å². The monoisotopic (exact) mass is 357 g/mol. The lowest BCUT2D eigenvalue weighted by atomic mass is 10.1. The van der Waals surface area contributed by atoms with Gasteiger partial charge >= 0.3 is 0 Å². The number of rotatable bonds is 2. The van der Waals surface area contributed by atoms with Crippen LogP contribution in [0.3, 0.4) is 0 Å². The molecular formula is C17H16BrN3O. The molecule has 3 rings (SSSR count).